The molecule has 1 fully saturated rings. The molecule has 1 atom stereocenters. The summed E-state index contributed by atoms with van der Waals surface area (Å²) in [6.45, 7) is 7.50. The number of aromatic nitrogens is 3. The minimum Gasteiger partial charge on any atom is -0.371 e. The Morgan fingerprint density at radius 2 is 1.95 bits per heavy atom. The highest BCUT2D eigenvalue weighted by Gasteiger charge is 2.33. The first-order valence-electron chi connectivity index (χ1n) is 14.0. The first-order chi connectivity index (χ1) is 19.4. The van der Waals surface area contributed by atoms with Gasteiger partial charge in [-0.05, 0) is 55.2 Å². The van der Waals surface area contributed by atoms with Gasteiger partial charge in [-0.3, -0.25) is 4.79 Å². The largest absolute Gasteiger partial charge is 0.371 e. The van der Waals surface area contributed by atoms with Crippen LogP contribution in [0.4, 0.5) is 33.3 Å². The number of nitrogens with two attached hydrogens (primary N) is 1. The number of hydrogen-bond acceptors (Lipinski definition) is 8. The molecule has 9 nitrogen and oxygen atoms in total. The van der Waals surface area contributed by atoms with Crippen LogP contribution in [0, 0.1) is 0 Å². The number of amides is 1. The molecule has 1 aliphatic heterocycles. The number of halogens is 1. The minimum atomic E-state index is -1.26. The number of anilines is 5. The molecule has 1 aromatic carbocycles. The summed E-state index contributed by atoms with van der Waals surface area (Å²) in [6.07, 6.45) is 7.17. The van der Waals surface area contributed by atoms with Crippen molar-refractivity contribution in [3.63, 3.8) is 0 Å². The summed E-state index contributed by atoms with van der Waals surface area (Å²) in [5.74, 6) is 1.48. The number of nitrogens with zero attached hydrogens (tertiary/aromatic N) is 4. The molecule has 40 heavy (non-hydrogen) atoms. The molecule has 3 aromatic rings. The van der Waals surface area contributed by atoms with Gasteiger partial charge in [0, 0.05) is 68.2 Å². The van der Waals surface area contributed by atoms with Crippen LogP contribution in [0.25, 0.3) is 0 Å². The van der Waals surface area contributed by atoms with E-state index in [9.17, 15) is 9.18 Å². The molecular formula is C30H37FN8O. The molecule has 5 N–H and O–H groups in total. The maximum Gasteiger partial charge on any atom is 0.256 e. The van der Waals surface area contributed by atoms with Gasteiger partial charge in [-0.25, -0.2) is 14.4 Å². The van der Waals surface area contributed by atoms with Crippen molar-refractivity contribution in [2.75, 3.05) is 41.7 Å². The van der Waals surface area contributed by atoms with Crippen LogP contribution in [0.2, 0.25) is 0 Å². The summed E-state index contributed by atoms with van der Waals surface area (Å²) in [5, 5.41) is 9.28. The van der Waals surface area contributed by atoms with Crippen LogP contribution < -0.4 is 26.6 Å². The fourth-order valence-electron chi connectivity index (χ4n) is 5.34. The second-order valence-corrected chi connectivity index (χ2v) is 10.5. The van der Waals surface area contributed by atoms with E-state index in [0.717, 1.165) is 36.3 Å². The Morgan fingerprint density at radius 3 is 2.65 bits per heavy atom. The molecule has 2 aromatic heterocycles. The van der Waals surface area contributed by atoms with Gasteiger partial charge < -0.3 is 26.6 Å². The van der Waals surface area contributed by atoms with Crippen LogP contribution in [0.5, 0.6) is 0 Å². The number of fused-ring (bicyclic) bond motifs is 1. The highest BCUT2D eigenvalue weighted by atomic mass is 19.1. The number of nitrogens with one attached hydrogen (secondary N) is 3. The zero-order valence-corrected chi connectivity index (χ0v) is 22.9. The van der Waals surface area contributed by atoms with E-state index < -0.39 is 5.67 Å². The number of alkyl halides is 1. The number of hydrogen-bond donors (Lipinski definition) is 4. The molecule has 10 heteroatoms. The Bertz CT molecular complexity index is 1350. The van der Waals surface area contributed by atoms with Crippen molar-refractivity contribution in [2.24, 2.45) is 5.73 Å². The third-order valence-electron chi connectivity index (χ3n) is 7.85. The number of benzene rings is 1. The van der Waals surface area contributed by atoms with Crippen LogP contribution in [-0.2, 0) is 6.42 Å². The van der Waals surface area contributed by atoms with Gasteiger partial charge in [0.15, 0.2) is 0 Å². The number of aryl methyl sites for hydroxylation is 1. The molecule has 0 bridgehead atoms. The van der Waals surface area contributed by atoms with E-state index in [4.69, 9.17) is 10.7 Å². The smallest absolute Gasteiger partial charge is 0.256 e. The molecule has 0 radical (unpaired) electrons. The van der Waals surface area contributed by atoms with Crippen LogP contribution in [0.15, 0.2) is 55.3 Å². The number of pyridine rings is 1. The van der Waals surface area contributed by atoms with Gasteiger partial charge in [-0.1, -0.05) is 19.1 Å². The Morgan fingerprint density at radius 1 is 1.18 bits per heavy atom. The van der Waals surface area contributed by atoms with Gasteiger partial charge in [0.05, 0.1) is 0 Å². The lowest BCUT2D eigenvalue weighted by Gasteiger charge is -2.37. The Balaban J connectivity index is 1.34. The zero-order valence-electron chi connectivity index (χ0n) is 22.9. The predicted molar refractivity (Wildman–Crippen MR) is 157 cm³/mol. The van der Waals surface area contributed by atoms with Crippen molar-refractivity contribution in [2.45, 2.75) is 50.6 Å². The zero-order chi connectivity index (χ0) is 28.1. The molecule has 210 valence electrons. The summed E-state index contributed by atoms with van der Waals surface area (Å²) in [5.41, 5.74) is 8.86. The lowest BCUT2D eigenvalue weighted by molar-refractivity contribution is 0.0958. The van der Waals surface area contributed by atoms with Crippen LogP contribution in [-0.4, -0.2) is 52.7 Å². The fraction of sp³-hybridized carbons (Fsp3) is 0.400. The summed E-state index contributed by atoms with van der Waals surface area (Å²) in [7, 11) is 0. The molecule has 1 unspecified atom stereocenters. The number of carbonyl (C=O) groups is 1. The van der Waals surface area contributed by atoms with Crippen molar-refractivity contribution in [1.29, 1.82) is 0 Å². The standard InChI is InChI=1S/C30H37FN8O/c1-3-15-33-28(40)24-18-34-29(38-27(24)37-25-12-7-21-6-5-20(4-2)26(21)36-25)35-22-8-10-23(11-9-22)39-16-13-30(31,19-32)14-17-39/h3,7-12,18,20H,1,4-6,13-17,19,32H2,2H3,(H,33,40)(H2,34,35,36,37,38). The highest BCUT2D eigenvalue weighted by molar-refractivity contribution is 5.99. The average Bonchev–Trinajstić information content (AvgIpc) is 3.39. The third kappa shape index (κ3) is 6.07. The summed E-state index contributed by atoms with van der Waals surface area (Å²) >= 11 is 0. The molecule has 0 spiro atoms. The first kappa shape index (κ1) is 27.5. The maximum absolute atomic E-state index is 14.5. The summed E-state index contributed by atoms with van der Waals surface area (Å²) < 4.78 is 14.5. The number of piperidine rings is 1. The first-order valence-corrected chi connectivity index (χ1v) is 14.0. The second-order valence-electron chi connectivity index (χ2n) is 10.5. The highest BCUT2D eigenvalue weighted by Crippen LogP contribution is 2.35. The monoisotopic (exact) mass is 544 g/mol. The molecule has 1 amide bonds. The topological polar surface area (TPSA) is 121 Å². The van der Waals surface area contributed by atoms with E-state index in [-0.39, 0.29) is 12.5 Å². The maximum atomic E-state index is 14.5. The van der Waals surface area contributed by atoms with Crippen molar-refractivity contribution in [3.05, 3.63) is 72.1 Å². The van der Waals surface area contributed by atoms with E-state index in [1.807, 2.05) is 30.3 Å². The Hall–Kier alpha value is -4.05. The van der Waals surface area contributed by atoms with Crippen LogP contribution in [0.1, 0.15) is 60.1 Å². The SMILES string of the molecule is C=CCNC(=O)c1cnc(Nc2ccc(N3CCC(F)(CN)CC3)cc2)nc1Nc1ccc2c(n1)C(CC)CC2. The number of carbonyl (C=O) groups excluding carboxylic acids is 1. The number of rotatable bonds is 10. The molecule has 2 aliphatic rings. The van der Waals surface area contributed by atoms with Crippen molar-refractivity contribution in [1.82, 2.24) is 20.3 Å². The minimum absolute atomic E-state index is 0.0665. The second kappa shape index (κ2) is 12.0. The van der Waals surface area contributed by atoms with E-state index in [1.165, 1.54) is 11.8 Å². The quantitative estimate of drug-likeness (QED) is 0.264. The van der Waals surface area contributed by atoms with E-state index in [2.05, 4.69) is 50.4 Å². The van der Waals surface area contributed by atoms with Gasteiger partial charge >= 0.3 is 0 Å². The van der Waals surface area contributed by atoms with Crippen LogP contribution in [0.3, 0.4) is 0 Å². The lowest BCUT2D eigenvalue weighted by Crippen LogP contribution is -2.45. The van der Waals surface area contributed by atoms with Crippen LogP contribution >= 0.6 is 0 Å². The van der Waals surface area contributed by atoms with E-state index >= 15 is 0 Å². The lowest BCUT2D eigenvalue weighted by atomic mass is 9.93. The average molecular weight is 545 g/mol. The van der Waals surface area contributed by atoms with E-state index in [0.29, 0.717) is 61.5 Å². The Labute approximate surface area is 234 Å². The van der Waals surface area contributed by atoms with Crippen molar-refractivity contribution >= 4 is 34.9 Å². The van der Waals surface area contributed by atoms with Gasteiger partial charge in [-0.2, -0.15) is 4.98 Å². The molecule has 0 saturated carbocycles. The Kier molecular flexibility index (Phi) is 8.25. The molecule has 5 rings (SSSR count). The molecule has 1 saturated heterocycles. The van der Waals surface area contributed by atoms with Gasteiger partial charge in [0.2, 0.25) is 5.95 Å². The van der Waals surface area contributed by atoms with Gasteiger partial charge in [0.25, 0.3) is 5.91 Å². The van der Waals surface area contributed by atoms with E-state index in [1.54, 1.807) is 6.08 Å². The fourth-order valence-corrected chi connectivity index (χ4v) is 5.34. The molecule has 3 heterocycles. The summed E-state index contributed by atoms with van der Waals surface area (Å²) in [4.78, 5) is 28.9. The summed E-state index contributed by atoms with van der Waals surface area (Å²) in [6, 6.07) is 11.9. The van der Waals surface area contributed by atoms with Crippen molar-refractivity contribution in [3.8, 4) is 0 Å². The third-order valence-corrected chi connectivity index (χ3v) is 7.85. The molecule has 1 aliphatic carbocycles. The molecular weight excluding hydrogens is 507 g/mol. The predicted octanol–water partition coefficient (Wildman–Crippen LogP) is 4.98. The van der Waals surface area contributed by atoms with Gasteiger partial charge in [-0.15, -0.1) is 6.58 Å². The van der Waals surface area contributed by atoms with Gasteiger partial charge in [0.1, 0.15) is 22.9 Å². The normalized spacial score (nSPS) is 17.7. The van der Waals surface area contributed by atoms with Crippen molar-refractivity contribution < 1.29 is 9.18 Å².